The second kappa shape index (κ2) is 6.26. The van der Waals surface area contributed by atoms with Crippen molar-refractivity contribution in [1.29, 1.82) is 0 Å². The molecule has 0 bridgehead atoms. The predicted octanol–water partition coefficient (Wildman–Crippen LogP) is 4.14. The molecule has 2 rings (SSSR count). The van der Waals surface area contributed by atoms with Crippen molar-refractivity contribution >= 4 is 15.9 Å². The first-order chi connectivity index (χ1) is 9.08. The van der Waals surface area contributed by atoms with E-state index in [1.165, 1.54) is 23.3 Å². The number of nitrogens with zero attached hydrogens (tertiary/aromatic N) is 1. The zero-order valence-corrected chi connectivity index (χ0v) is 12.5. The molecule has 0 saturated heterocycles. The van der Waals surface area contributed by atoms with Gasteiger partial charge in [-0.1, -0.05) is 22.0 Å². The summed E-state index contributed by atoms with van der Waals surface area (Å²) < 4.78 is 13.8. The number of hydrogen-bond acceptors (Lipinski definition) is 2. The van der Waals surface area contributed by atoms with Crippen LogP contribution in [0, 0.1) is 12.7 Å². The normalized spacial score (nSPS) is 12.4. The highest BCUT2D eigenvalue weighted by Gasteiger charge is 2.10. The summed E-state index contributed by atoms with van der Waals surface area (Å²) in [6.07, 6.45) is 3.65. The molecule has 0 spiro atoms. The third-order valence-corrected chi connectivity index (χ3v) is 3.85. The molecule has 1 aromatic heterocycles. The Labute approximate surface area is 121 Å². The molecule has 1 atom stereocenters. The molecular formula is C15H16BrFN2. The highest BCUT2D eigenvalue weighted by atomic mass is 79.9. The van der Waals surface area contributed by atoms with Crippen LogP contribution in [-0.4, -0.2) is 4.98 Å². The maximum Gasteiger partial charge on any atom is 0.124 e. The molecule has 19 heavy (non-hydrogen) atoms. The first-order valence-electron chi connectivity index (χ1n) is 6.15. The van der Waals surface area contributed by atoms with Crippen LogP contribution in [0.5, 0.6) is 0 Å². The molecule has 1 N–H and O–H groups in total. The average molecular weight is 323 g/mol. The molecule has 4 heteroatoms. The number of pyridine rings is 1. The van der Waals surface area contributed by atoms with E-state index in [0.717, 1.165) is 16.6 Å². The molecule has 0 aliphatic heterocycles. The second-order valence-corrected chi connectivity index (χ2v) is 5.42. The van der Waals surface area contributed by atoms with Gasteiger partial charge >= 0.3 is 0 Å². The highest BCUT2D eigenvalue weighted by Crippen LogP contribution is 2.24. The Morgan fingerprint density at radius 1 is 1.37 bits per heavy atom. The van der Waals surface area contributed by atoms with Gasteiger partial charge in [0.15, 0.2) is 0 Å². The summed E-state index contributed by atoms with van der Waals surface area (Å²) in [6, 6.07) is 6.93. The van der Waals surface area contributed by atoms with Gasteiger partial charge in [0.25, 0.3) is 0 Å². The quantitative estimate of drug-likeness (QED) is 0.915. The van der Waals surface area contributed by atoms with E-state index in [2.05, 4.69) is 33.2 Å². The van der Waals surface area contributed by atoms with Crippen LogP contribution in [0.2, 0.25) is 0 Å². The van der Waals surface area contributed by atoms with Crippen LogP contribution < -0.4 is 5.32 Å². The summed E-state index contributed by atoms with van der Waals surface area (Å²) in [5, 5.41) is 3.44. The van der Waals surface area contributed by atoms with Gasteiger partial charge in [-0.15, -0.1) is 0 Å². The maximum absolute atomic E-state index is 13.1. The van der Waals surface area contributed by atoms with E-state index in [-0.39, 0.29) is 11.9 Å². The minimum atomic E-state index is -0.229. The van der Waals surface area contributed by atoms with E-state index >= 15 is 0 Å². The van der Waals surface area contributed by atoms with Crippen molar-refractivity contribution in [1.82, 2.24) is 10.3 Å². The summed E-state index contributed by atoms with van der Waals surface area (Å²) in [5.41, 5.74) is 3.44. The second-order valence-electron chi connectivity index (χ2n) is 4.57. The zero-order valence-electron chi connectivity index (χ0n) is 11.0. The summed E-state index contributed by atoms with van der Waals surface area (Å²) in [5.74, 6) is -0.229. The van der Waals surface area contributed by atoms with Gasteiger partial charge in [0.2, 0.25) is 0 Å². The van der Waals surface area contributed by atoms with E-state index < -0.39 is 0 Å². The van der Waals surface area contributed by atoms with E-state index in [0.29, 0.717) is 0 Å². The van der Waals surface area contributed by atoms with Gasteiger partial charge in [-0.2, -0.15) is 0 Å². The molecule has 0 radical (unpaired) electrons. The summed E-state index contributed by atoms with van der Waals surface area (Å²) >= 11 is 3.40. The van der Waals surface area contributed by atoms with Gasteiger partial charge in [0, 0.05) is 29.5 Å². The van der Waals surface area contributed by atoms with Gasteiger partial charge in [0.05, 0.1) is 0 Å². The minimum Gasteiger partial charge on any atom is -0.306 e. The minimum absolute atomic E-state index is 0.141. The molecule has 1 aromatic carbocycles. The molecule has 0 aliphatic rings. The molecule has 1 heterocycles. The molecule has 1 unspecified atom stereocenters. The predicted molar refractivity (Wildman–Crippen MR) is 78.3 cm³/mol. The number of benzene rings is 1. The fourth-order valence-corrected chi connectivity index (χ4v) is 2.62. The van der Waals surface area contributed by atoms with Crippen molar-refractivity contribution in [3.63, 3.8) is 0 Å². The zero-order chi connectivity index (χ0) is 13.8. The fourth-order valence-electron chi connectivity index (χ4n) is 1.93. The van der Waals surface area contributed by atoms with Crippen LogP contribution in [0.25, 0.3) is 0 Å². The molecule has 0 saturated carbocycles. The van der Waals surface area contributed by atoms with Gasteiger partial charge in [-0.05, 0) is 48.7 Å². The summed E-state index contributed by atoms with van der Waals surface area (Å²) in [7, 11) is 0. The Hall–Kier alpha value is -1.26. The third kappa shape index (κ3) is 3.61. The topological polar surface area (TPSA) is 24.9 Å². The molecule has 100 valence electrons. The number of nitrogens with one attached hydrogen (secondary N) is 1. The first kappa shape index (κ1) is 14.2. The number of aryl methyl sites for hydroxylation is 1. The standard InChI is InChI=1S/C15H16BrFN2/c1-10-8-18-6-5-12(10)9-19-11(2)14-4-3-13(17)7-15(14)16/h3-8,11,19H,9H2,1-2H3. The van der Waals surface area contributed by atoms with Crippen molar-refractivity contribution in [2.24, 2.45) is 0 Å². The molecule has 0 aliphatic carbocycles. The molecular weight excluding hydrogens is 307 g/mol. The van der Waals surface area contributed by atoms with Gasteiger partial charge in [-0.3, -0.25) is 4.98 Å². The Kier molecular flexibility index (Phi) is 4.66. The van der Waals surface area contributed by atoms with Crippen molar-refractivity contribution in [2.45, 2.75) is 26.4 Å². The molecule has 0 fully saturated rings. The van der Waals surface area contributed by atoms with Crippen molar-refractivity contribution < 1.29 is 4.39 Å². The molecule has 2 nitrogen and oxygen atoms in total. The Bertz CT molecular complexity index is 572. The van der Waals surface area contributed by atoms with Crippen LogP contribution in [0.15, 0.2) is 41.1 Å². The van der Waals surface area contributed by atoms with Crippen LogP contribution in [0.1, 0.15) is 29.7 Å². The first-order valence-corrected chi connectivity index (χ1v) is 6.95. The molecule has 0 amide bonds. The Morgan fingerprint density at radius 2 is 2.16 bits per heavy atom. The van der Waals surface area contributed by atoms with Crippen LogP contribution >= 0.6 is 15.9 Å². The SMILES string of the molecule is Cc1cnccc1CNC(C)c1ccc(F)cc1Br. The lowest BCUT2D eigenvalue weighted by Gasteiger charge is -2.16. The lowest BCUT2D eigenvalue weighted by atomic mass is 10.1. The fraction of sp³-hybridized carbons (Fsp3) is 0.267. The van der Waals surface area contributed by atoms with Crippen molar-refractivity contribution in [3.05, 3.63) is 63.6 Å². The summed E-state index contributed by atoms with van der Waals surface area (Å²) in [6.45, 7) is 4.87. The number of hydrogen-bond donors (Lipinski definition) is 1. The van der Waals surface area contributed by atoms with Crippen molar-refractivity contribution in [3.8, 4) is 0 Å². The maximum atomic E-state index is 13.1. The largest absolute Gasteiger partial charge is 0.306 e. The van der Waals surface area contributed by atoms with Gasteiger partial charge < -0.3 is 5.32 Å². The van der Waals surface area contributed by atoms with Crippen LogP contribution in [0.4, 0.5) is 4.39 Å². The number of rotatable bonds is 4. The monoisotopic (exact) mass is 322 g/mol. The van der Waals surface area contributed by atoms with E-state index in [1.54, 1.807) is 12.3 Å². The third-order valence-electron chi connectivity index (χ3n) is 3.16. The lowest BCUT2D eigenvalue weighted by Crippen LogP contribution is -2.19. The number of aromatic nitrogens is 1. The average Bonchev–Trinajstić information content (AvgIpc) is 2.37. The molecule has 2 aromatic rings. The number of halogens is 2. The smallest absolute Gasteiger partial charge is 0.124 e. The van der Waals surface area contributed by atoms with Crippen LogP contribution in [-0.2, 0) is 6.54 Å². The van der Waals surface area contributed by atoms with E-state index in [4.69, 9.17) is 0 Å². The Morgan fingerprint density at radius 3 is 2.84 bits per heavy atom. The van der Waals surface area contributed by atoms with Gasteiger partial charge in [0.1, 0.15) is 5.82 Å². The van der Waals surface area contributed by atoms with Gasteiger partial charge in [-0.25, -0.2) is 4.39 Å². The lowest BCUT2D eigenvalue weighted by molar-refractivity contribution is 0.567. The summed E-state index contributed by atoms with van der Waals surface area (Å²) in [4.78, 5) is 4.08. The Balaban J connectivity index is 2.05. The van der Waals surface area contributed by atoms with Crippen LogP contribution in [0.3, 0.4) is 0 Å². The van der Waals surface area contributed by atoms with E-state index in [1.807, 2.05) is 19.2 Å². The highest BCUT2D eigenvalue weighted by molar-refractivity contribution is 9.10. The van der Waals surface area contributed by atoms with E-state index in [9.17, 15) is 4.39 Å². The van der Waals surface area contributed by atoms with Crippen molar-refractivity contribution in [2.75, 3.05) is 0 Å².